The van der Waals surface area contributed by atoms with Gasteiger partial charge in [-0.25, -0.2) is 4.39 Å². The van der Waals surface area contributed by atoms with Gasteiger partial charge in [-0.15, -0.1) is 11.8 Å². The topological polar surface area (TPSA) is 78.5 Å². The number of halogens is 1. The van der Waals surface area contributed by atoms with Gasteiger partial charge >= 0.3 is 0 Å². The summed E-state index contributed by atoms with van der Waals surface area (Å²) in [7, 11) is 1.53. The van der Waals surface area contributed by atoms with Crippen LogP contribution in [0.4, 0.5) is 15.8 Å². The van der Waals surface area contributed by atoms with E-state index in [2.05, 4.69) is 10.6 Å². The molecule has 8 heteroatoms. The molecule has 0 aromatic heterocycles. The van der Waals surface area contributed by atoms with Gasteiger partial charge in [-0.2, -0.15) is 0 Å². The van der Waals surface area contributed by atoms with Crippen molar-refractivity contribution in [2.45, 2.75) is 11.8 Å². The summed E-state index contributed by atoms with van der Waals surface area (Å²) in [5, 5.41) is 5.48. The Balaban J connectivity index is 1.70. The van der Waals surface area contributed by atoms with E-state index in [1.165, 1.54) is 48.0 Å². The van der Waals surface area contributed by atoms with Crippen LogP contribution in [-0.4, -0.2) is 42.5 Å². The Kier molecular flexibility index (Phi) is 7.84. The average Bonchev–Trinajstić information content (AvgIpc) is 2.80. The van der Waals surface area contributed by atoms with Crippen LogP contribution in [0.5, 0.6) is 0 Å². The molecule has 3 aromatic carbocycles. The number of amides is 3. The number of benzene rings is 3. The quantitative estimate of drug-likeness (QED) is 0.491. The molecule has 0 spiro atoms. The van der Waals surface area contributed by atoms with Crippen molar-refractivity contribution in [3.63, 3.8) is 0 Å². The number of nitrogens with one attached hydrogen (secondary N) is 2. The first-order chi connectivity index (χ1) is 15.8. The van der Waals surface area contributed by atoms with Crippen LogP contribution in [0.15, 0.2) is 71.6 Å². The lowest BCUT2D eigenvalue weighted by Crippen LogP contribution is -2.35. The van der Waals surface area contributed by atoms with Gasteiger partial charge in [0, 0.05) is 23.2 Å². The summed E-state index contributed by atoms with van der Waals surface area (Å²) in [6.07, 6.45) is 1.92. The zero-order valence-electron chi connectivity index (χ0n) is 18.5. The smallest absolute Gasteiger partial charge is 0.258 e. The van der Waals surface area contributed by atoms with Crippen molar-refractivity contribution in [1.29, 1.82) is 0 Å². The molecule has 0 fully saturated rings. The highest BCUT2D eigenvalue weighted by molar-refractivity contribution is 7.98. The van der Waals surface area contributed by atoms with Crippen LogP contribution in [0.25, 0.3) is 0 Å². The molecule has 2 N–H and O–H groups in total. The molecule has 0 atom stereocenters. The Morgan fingerprint density at radius 1 is 0.939 bits per heavy atom. The first-order valence-electron chi connectivity index (χ1n) is 10.1. The lowest BCUT2D eigenvalue weighted by Gasteiger charge is -2.18. The Morgan fingerprint density at radius 3 is 2.36 bits per heavy atom. The predicted octanol–water partition coefficient (Wildman–Crippen LogP) is 4.82. The van der Waals surface area contributed by atoms with Crippen molar-refractivity contribution < 1.29 is 18.8 Å². The second-order valence-corrected chi connectivity index (χ2v) is 8.22. The van der Waals surface area contributed by atoms with Gasteiger partial charge in [-0.3, -0.25) is 14.4 Å². The molecule has 0 aliphatic heterocycles. The van der Waals surface area contributed by atoms with Crippen molar-refractivity contribution in [3.8, 4) is 0 Å². The van der Waals surface area contributed by atoms with Gasteiger partial charge in [0.1, 0.15) is 5.82 Å². The van der Waals surface area contributed by atoms with Crippen molar-refractivity contribution in [3.05, 3.63) is 89.2 Å². The van der Waals surface area contributed by atoms with Crippen molar-refractivity contribution in [1.82, 2.24) is 4.90 Å². The van der Waals surface area contributed by atoms with Crippen molar-refractivity contribution in [2.75, 3.05) is 30.5 Å². The van der Waals surface area contributed by atoms with Gasteiger partial charge in [0.2, 0.25) is 5.91 Å². The van der Waals surface area contributed by atoms with Crippen LogP contribution in [0.2, 0.25) is 0 Å². The number of hydrogen-bond acceptors (Lipinski definition) is 4. The number of rotatable bonds is 7. The zero-order chi connectivity index (χ0) is 24.0. The molecule has 170 valence electrons. The maximum atomic E-state index is 13.9. The Morgan fingerprint density at radius 2 is 1.64 bits per heavy atom. The molecule has 0 saturated heterocycles. The summed E-state index contributed by atoms with van der Waals surface area (Å²) in [6.45, 7) is 1.62. The Bertz CT molecular complexity index is 1200. The molecular formula is C25H24FN3O3S. The normalized spacial score (nSPS) is 10.4. The molecule has 0 aliphatic rings. The van der Waals surface area contributed by atoms with E-state index >= 15 is 0 Å². The lowest BCUT2D eigenvalue weighted by atomic mass is 10.1. The van der Waals surface area contributed by atoms with E-state index in [0.717, 1.165) is 4.90 Å². The predicted molar refractivity (Wildman–Crippen MR) is 129 cm³/mol. The number of carbonyl (C=O) groups is 3. The molecule has 0 bridgehead atoms. The van der Waals surface area contributed by atoms with Crippen LogP contribution in [0.1, 0.15) is 26.3 Å². The van der Waals surface area contributed by atoms with Crippen LogP contribution < -0.4 is 10.6 Å². The summed E-state index contributed by atoms with van der Waals surface area (Å²) < 4.78 is 13.9. The van der Waals surface area contributed by atoms with Crippen LogP contribution in [0, 0.1) is 12.7 Å². The van der Waals surface area contributed by atoms with E-state index in [1.807, 2.05) is 24.5 Å². The highest BCUT2D eigenvalue weighted by atomic mass is 32.2. The highest BCUT2D eigenvalue weighted by Crippen LogP contribution is 2.24. The van der Waals surface area contributed by atoms with Crippen molar-refractivity contribution >= 4 is 40.9 Å². The first-order valence-corrected chi connectivity index (χ1v) is 11.4. The molecule has 0 aliphatic carbocycles. The van der Waals surface area contributed by atoms with E-state index in [0.29, 0.717) is 22.5 Å². The molecule has 0 radical (unpaired) electrons. The minimum Gasteiger partial charge on any atom is -0.332 e. The summed E-state index contributed by atoms with van der Waals surface area (Å²) >= 11 is 1.51. The molecule has 0 unspecified atom stereocenters. The zero-order valence-corrected chi connectivity index (χ0v) is 19.3. The summed E-state index contributed by atoms with van der Waals surface area (Å²) in [6, 6.07) is 17.9. The van der Waals surface area contributed by atoms with Crippen LogP contribution >= 0.6 is 11.8 Å². The molecule has 3 aromatic rings. The van der Waals surface area contributed by atoms with Gasteiger partial charge in [0.15, 0.2) is 0 Å². The van der Waals surface area contributed by atoms with E-state index < -0.39 is 11.7 Å². The van der Waals surface area contributed by atoms with Crippen molar-refractivity contribution in [2.24, 2.45) is 0 Å². The first kappa shape index (κ1) is 24.0. The summed E-state index contributed by atoms with van der Waals surface area (Å²) in [4.78, 5) is 40.1. The van der Waals surface area contributed by atoms with Crippen LogP contribution in [-0.2, 0) is 4.79 Å². The monoisotopic (exact) mass is 465 g/mol. The number of carbonyl (C=O) groups excluding carboxylic acids is 3. The number of likely N-dealkylation sites (N-methyl/N-ethyl adjacent to an activating group) is 1. The number of anilines is 2. The SMILES string of the molecule is CSc1ccccc1NC(=O)CN(C)C(=O)c1ccc(C)c(NC(=O)c2ccccc2F)c1. The second-order valence-electron chi connectivity index (χ2n) is 7.37. The van der Waals surface area contributed by atoms with Gasteiger partial charge in [-0.05, 0) is 55.1 Å². The highest BCUT2D eigenvalue weighted by Gasteiger charge is 2.18. The van der Waals surface area contributed by atoms with E-state index in [9.17, 15) is 18.8 Å². The molecule has 3 rings (SSSR count). The van der Waals surface area contributed by atoms with Gasteiger partial charge in [0.05, 0.1) is 17.8 Å². The standard InChI is InChI=1S/C25H24FN3O3S/c1-16-12-13-17(14-21(16)28-24(31)18-8-4-5-9-19(18)26)25(32)29(2)15-23(30)27-20-10-6-7-11-22(20)33-3/h4-14H,15H2,1-3H3,(H,27,30)(H,28,31). The number of hydrogen-bond donors (Lipinski definition) is 2. The molecule has 3 amide bonds. The summed E-state index contributed by atoms with van der Waals surface area (Å²) in [5.74, 6) is -1.95. The second kappa shape index (κ2) is 10.8. The largest absolute Gasteiger partial charge is 0.332 e. The fourth-order valence-corrected chi connectivity index (χ4v) is 3.72. The Labute approximate surface area is 196 Å². The van der Waals surface area contributed by atoms with Gasteiger partial charge < -0.3 is 15.5 Å². The van der Waals surface area contributed by atoms with E-state index in [4.69, 9.17) is 0 Å². The maximum absolute atomic E-state index is 13.9. The van der Waals surface area contributed by atoms with Gasteiger partial charge in [-0.1, -0.05) is 30.3 Å². The molecule has 33 heavy (non-hydrogen) atoms. The minimum absolute atomic E-state index is 0.0899. The number of thioether (sulfide) groups is 1. The fraction of sp³-hybridized carbons (Fsp3) is 0.160. The van der Waals surface area contributed by atoms with Crippen LogP contribution in [0.3, 0.4) is 0 Å². The van der Waals surface area contributed by atoms with Gasteiger partial charge in [0.25, 0.3) is 11.8 Å². The molecule has 0 saturated carbocycles. The lowest BCUT2D eigenvalue weighted by molar-refractivity contribution is -0.116. The molecular weight excluding hydrogens is 441 g/mol. The molecule has 0 heterocycles. The molecule has 6 nitrogen and oxygen atoms in total. The van der Waals surface area contributed by atoms with E-state index in [1.54, 1.807) is 31.2 Å². The third kappa shape index (κ3) is 5.98. The third-order valence-corrected chi connectivity index (χ3v) is 5.76. The third-order valence-electron chi connectivity index (χ3n) is 4.96. The van der Waals surface area contributed by atoms with E-state index in [-0.39, 0.29) is 23.9 Å². The fourth-order valence-electron chi connectivity index (χ4n) is 3.17. The average molecular weight is 466 g/mol. The Hall–Kier alpha value is -3.65. The summed E-state index contributed by atoms with van der Waals surface area (Å²) in [5.41, 5.74) is 1.99. The number of nitrogens with zero attached hydrogens (tertiary/aromatic N) is 1. The number of aryl methyl sites for hydroxylation is 1. The number of para-hydroxylation sites is 1. The minimum atomic E-state index is -0.631. The maximum Gasteiger partial charge on any atom is 0.258 e.